The van der Waals surface area contributed by atoms with Gasteiger partial charge in [0.2, 0.25) is 0 Å². The highest BCUT2D eigenvalue weighted by molar-refractivity contribution is 7.17. The van der Waals surface area contributed by atoms with Crippen LogP contribution in [0.15, 0.2) is 18.2 Å². The number of carbonyl (C=O) groups excluding carboxylic acids is 1. The summed E-state index contributed by atoms with van der Waals surface area (Å²) in [6, 6.07) is 7.52. The molecule has 1 aromatic carbocycles. The summed E-state index contributed by atoms with van der Waals surface area (Å²) in [7, 11) is 0. The predicted octanol–water partition coefficient (Wildman–Crippen LogP) is 4.17. The summed E-state index contributed by atoms with van der Waals surface area (Å²) in [5.41, 5.74) is 1.10. The maximum atomic E-state index is 12.5. The van der Waals surface area contributed by atoms with Crippen LogP contribution in [0.1, 0.15) is 48.6 Å². The minimum absolute atomic E-state index is 0.253. The summed E-state index contributed by atoms with van der Waals surface area (Å²) >= 11 is 1.27. The molecule has 2 rings (SSSR count). The zero-order valence-corrected chi connectivity index (χ0v) is 17.0. The first-order chi connectivity index (χ1) is 12.7. The Morgan fingerprint density at radius 1 is 1.44 bits per heavy atom. The summed E-state index contributed by atoms with van der Waals surface area (Å²) in [6.07, 6.45) is 5.44. The molecule has 0 radical (unpaired) electrons. The molecule has 1 aromatic heterocycles. The van der Waals surface area contributed by atoms with Gasteiger partial charge in [-0.2, -0.15) is 5.26 Å². The van der Waals surface area contributed by atoms with Gasteiger partial charge in [-0.25, -0.2) is 4.98 Å². The lowest BCUT2D eigenvalue weighted by atomic mass is 10.1. The van der Waals surface area contributed by atoms with Crippen molar-refractivity contribution < 1.29 is 9.53 Å². The third-order valence-electron chi connectivity index (χ3n) is 3.71. The van der Waals surface area contributed by atoms with Gasteiger partial charge in [-0.1, -0.05) is 19.8 Å². The van der Waals surface area contributed by atoms with Gasteiger partial charge in [0.05, 0.1) is 23.4 Å². The first kappa shape index (κ1) is 20.5. The molecule has 0 fully saturated rings. The first-order valence-electron chi connectivity index (χ1n) is 8.62. The number of hydrogen-bond acceptors (Lipinski definition) is 5. The van der Waals surface area contributed by atoms with E-state index < -0.39 is 5.54 Å². The Hall–Kier alpha value is -2.83. The molecule has 0 aliphatic rings. The molecule has 140 valence electrons. The lowest BCUT2D eigenvalue weighted by molar-refractivity contribution is 0.0933. The number of nitrogens with one attached hydrogen (secondary N) is 1. The largest absolute Gasteiger partial charge is 0.492 e. The number of rotatable bonds is 6. The summed E-state index contributed by atoms with van der Waals surface area (Å²) in [5.74, 6) is 3.21. The summed E-state index contributed by atoms with van der Waals surface area (Å²) in [6.45, 7) is 9.94. The van der Waals surface area contributed by atoms with Crippen molar-refractivity contribution in [3.05, 3.63) is 34.3 Å². The average molecular weight is 382 g/mol. The number of benzene rings is 1. The molecule has 1 heterocycles. The lowest BCUT2D eigenvalue weighted by Gasteiger charge is -2.18. The van der Waals surface area contributed by atoms with Gasteiger partial charge in [0.1, 0.15) is 21.7 Å². The van der Waals surface area contributed by atoms with E-state index in [2.05, 4.69) is 22.3 Å². The van der Waals surface area contributed by atoms with Crippen LogP contribution in [0.3, 0.4) is 0 Å². The fourth-order valence-corrected chi connectivity index (χ4v) is 3.20. The maximum absolute atomic E-state index is 12.5. The molecule has 5 nitrogen and oxygen atoms in total. The quantitative estimate of drug-likeness (QED) is 0.762. The van der Waals surface area contributed by atoms with Crippen molar-refractivity contribution in [3.8, 4) is 34.7 Å². The Labute approximate surface area is 164 Å². The minimum Gasteiger partial charge on any atom is -0.492 e. The number of terminal acetylenes is 1. The Morgan fingerprint density at radius 2 is 2.15 bits per heavy atom. The van der Waals surface area contributed by atoms with E-state index >= 15 is 0 Å². The fraction of sp³-hybridized carbons (Fsp3) is 0.381. The summed E-state index contributed by atoms with van der Waals surface area (Å²) in [5, 5.41) is 12.9. The van der Waals surface area contributed by atoms with Gasteiger partial charge in [0.25, 0.3) is 5.91 Å². The molecular formula is C21H23N3O2S. The standard InChI is InChI=1S/C21H23N3O2S/c1-7-21(5,6)24-19(25)18-14(4)23-20(27-18)15-8-9-17(16(10-15)11-22)26-12-13(2)3/h1,8-10,13H,12H2,2-6H3,(H,24,25). The molecule has 1 N–H and O–H groups in total. The van der Waals surface area contributed by atoms with E-state index in [4.69, 9.17) is 11.2 Å². The number of carbonyl (C=O) groups is 1. The molecule has 0 unspecified atom stereocenters. The van der Waals surface area contributed by atoms with Gasteiger partial charge in [-0.15, -0.1) is 17.8 Å². The molecule has 27 heavy (non-hydrogen) atoms. The van der Waals surface area contributed by atoms with Gasteiger partial charge < -0.3 is 10.1 Å². The topological polar surface area (TPSA) is 75.0 Å². The highest BCUT2D eigenvalue weighted by Crippen LogP contribution is 2.31. The van der Waals surface area contributed by atoms with Crippen LogP contribution in [0.25, 0.3) is 10.6 Å². The van der Waals surface area contributed by atoms with Crippen molar-refractivity contribution in [2.45, 2.75) is 40.2 Å². The van der Waals surface area contributed by atoms with Crippen LogP contribution in [0.5, 0.6) is 5.75 Å². The van der Waals surface area contributed by atoms with Gasteiger partial charge >= 0.3 is 0 Å². The molecule has 0 spiro atoms. The molecule has 2 aromatic rings. The van der Waals surface area contributed by atoms with Crippen LogP contribution in [-0.2, 0) is 0 Å². The minimum atomic E-state index is -0.739. The van der Waals surface area contributed by atoms with Crippen LogP contribution in [0.2, 0.25) is 0 Å². The number of ether oxygens (including phenoxy) is 1. The molecule has 0 saturated heterocycles. The zero-order valence-electron chi connectivity index (χ0n) is 16.2. The van der Waals surface area contributed by atoms with Gasteiger partial charge in [-0.3, -0.25) is 4.79 Å². The molecule has 0 aliphatic carbocycles. The Bertz CT molecular complexity index is 930. The number of amides is 1. The van der Waals surface area contributed by atoms with Crippen molar-refractivity contribution in [3.63, 3.8) is 0 Å². The van der Waals surface area contributed by atoms with Gasteiger partial charge in [0.15, 0.2) is 0 Å². The van der Waals surface area contributed by atoms with Gasteiger partial charge in [-0.05, 0) is 44.9 Å². The number of nitriles is 1. The first-order valence-corrected chi connectivity index (χ1v) is 9.43. The molecule has 0 bridgehead atoms. The highest BCUT2D eigenvalue weighted by Gasteiger charge is 2.22. The van der Waals surface area contributed by atoms with E-state index in [1.165, 1.54) is 11.3 Å². The number of aryl methyl sites for hydroxylation is 1. The van der Waals surface area contributed by atoms with Crippen LogP contribution in [0.4, 0.5) is 0 Å². The number of hydrogen-bond donors (Lipinski definition) is 1. The Morgan fingerprint density at radius 3 is 2.74 bits per heavy atom. The Balaban J connectivity index is 2.31. The fourth-order valence-electron chi connectivity index (χ4n) is 2.24. The van der Waals surface area contributed by atoms with Crippen LogP contribution < -0.4 is 10.1 Å². The van der Waals surface area contributed by atoms with E-state index in [-0.39, 0.29) is 5.91 Å². The molecule has 1 amide bonds. The number of thiazole rings is 1. The summed E-state index contributed by atoms with van der Waals surface area (Å²) < 4.78 is 5.69. The van der Waals surface area contributed by atoms with Crippen LogP contribution in [-0.4, -0.2) is 23.0 Å². The van der Waals surface area contributed by atoms with Gasteiger partial charge in [0, 0.05) is 5.56 Å². The molecule has 0 aliphatic heterocycles. The molecule has 0 saturated carbocycles. The number of nitrogens with zero attached hydrogens (tertiary/aromatic N) is 2. The second-order valence-corrected chi connectivity index (χ2v) is 8.18. The second-order valence-electron chi connectivity index (χ2n) is 7.18. The normalized spacial score (nSPS) is 11.0. The third kappa shape index (κ3) is 5.09. The zero-order chi connectivity index (χ0) is 20.2. The van der Waals surface area contributed by atoms with Crippen molar-refractivity contribution >= 4 is 17.2 Å². The summed E-state index contributed by atoms with van der Waals surface area (Å²) in [4.78, 5) is 17.5. The van der Waals surface area contributed by atoms with E-state index in [9.17, 15) is 10.1 Å². The molecular weight excluding hydrogens is 358 g/mol. The van der Waals surface area contributed by atoms with E-state index in [0.717, 1.165) is 5.56 Å². The number of aromatic nitrogens is 1. The lowest BCUT2D eigenvalue weighted by Crippen LogP contribution is -2.42. The average Bonchev–Trinajstić information content (AvgIpc) is 3.01. The highest BCUT2D eigenvalue weighted by atomic mass is 32.1. The van der Waals surface area contributed by atoms with Crippen LogP contribution >= 0.6 is 11.3 Å². The Kier molecular flexibility index (Phi) is 6.25. The van der Waals surface area contributed by atoms with Crippen molar-refractivity contribution in [2.75, 3.05) is 6.61 Å². The predicted molar refractivity (Wildman–Crippen MR) is 108 cm³/mol. The van der Waals surface area contributed by atoms with E-state index in [0.29, 0.717) is 39.4 Å². The third-order valence-corrected chi connectivity index (χ3v) is 4.91. The molecule has 0 atom stereocenters. The second kappa shape index (κ2) is 8.24. The van der Waals surface area contributed by atoms with Crippen molar-refractivity contribution in [2.24, 2.45) is 5.92 Å². The van der Waals surface area contributed by atoms with Crippen LogP contribution in [0, 0.1) is 36.5 Å². The smallest absolute Gasteiger partial charge is 0.264 e. The van der Waals surface area contributed by atoms with E-state index in [1.54, 1.807) is 32.9 Å². The maximum Gasteiger partial charge on any atom is 0.264 e. The molecule has 6 heteroatoms. The van der Waals surface area contributed by atoms with E-state index in [1.807, 2.05) is 19.9 Å². The SMILES string of the molecule is C#CC(C)(C)NC(=O)c1sc(-c2ccc(OCC(C)C)c(C#N)c2)nc1C. The van der Waals surface area contributed by atoms with Crippen molar-refractivity contribution in [1.29, 1.82) is 5.26 Å². The monoisotopic (exact) mass is 381 g/mol. The van der Waals surface area contributed by atoms with Crippen molar-refractivity contribution in [1.82, 2.24) is 10.3 Å².